The quantitative estimate of drug-likeness (QED) is 0.492. The maximum absolute atomic E-state index is 12.4. The van der Waals surface area contributed by atoms with Crippen molar-refractivity contribution in [3.63, 3.8) is 0 Å². The number of halogens is 1. The van der Waals surface area contributed by atoms with Crippen LogP contribution in [0.25, 0.3) is 6.08 Å². The standard InChI is InChI=1S/C19H19BrN2O3/c20-16-9-4-8-15(13-16)18(24)22-17(19(25)21-10-5-11-23)12-14-6-2-1-3-7-14/h1-4,6-9,12-13,23H,5,10-11H2,(H,21,25)(H,22,24). The van der Waals surface area contributed by atoms with Crippen molar-refractivity contribution in [2.75, 3.05) is 13.2 Å². The van der Waals surface area contributed by atoms with Crippen molar-refractivity contribution < 1.29 is 14.7 Å². The van der Waals surface area contributed by atoms with E-state index in [2.05, 4.69) is 26.6 Å². The van der Waals surface area contributed by atoms with Crippen LogP contribution in [0.1, 0.15) is 22.3 Å². The second kappa shape index (κ2) is 9.76. The van der Waals surface area contributed by atoms with E-state index in [0.29, 0.717) is 18.5 Å². The largest absolute Gasteiger partial charge is 0.396 e. The summed E-state index contributed by atoms with van der Waals surface area (Å²) in [4.78, 5) is 24.8. The van der Waals surface area contributed by atoms with Crippen LogP contribution in [0.15, 0.2) is 64.8 Å². The minimum atomic E-state index is -0.402. The molecule has 5 nitrogen and oxygen atoms in total. The SMILES string of the molecule is O=C(NCCCO)C(=Cc1ccccc1)NC(=O)c1cccc(Br)c1. The van der Waals surface area contributed by atoms with Crippen LogP contribution in [0.4, 0.5) is 0 Å². The van der Waals surface area contributed by atoms with Gasteiger partial charge in [-0.2, -0.15) is 0 Å². The zero-order chi connectivity index (χ0) is 18.1. The van der Waals surface area contributed by atoms with Gasteiger partial charge in [0, 0.05) is 23.2 Å². The summed E-state index contributed by atoms with van der Waals surface area (Å²) < 4.78 is 0.779. The van der Waals surface area contributed by atoms with Crippen molar-refractivity contribution in [1.82, 2.24) is 10.6 Å². The molecule has 0 saturated carbocycles. The first-order valence-corrected chi connectivity index (χ1v) is 8.62. The summed E-state index contributed by atoms with van der Waals surface area (Å²) in [6.07, 6.45) is 2.06. The van der Waals surface area contributed by atoms with E-state index in [-0.39, 0.29) is 18.2 Å². The molecule has 2 rings (SSSR count). The topological polar surface area (TPSA) is 78.4 Å². The fourth-order valence-electron chi connectivity index (χ4n) is 2.07. The van der Waals surface area contributed by atoms with E-state index < -0.39 is 5.91 Å². The summed E-state index contributed by atoms with van der Waals surface area (Å²) in [5, 5.41) is 14.2. The summed E-state index contributed by atoms with van der Waals surface area (Å²) >= 11 is 3.32. The first-order chi connectivity index (χ1) is 12.1. The molecular weight excluding hydrogens is 384 g/mol. The molecule has 130 valence electrons. The fraction of sp³-hybridized carbons (Fsp3) is 0.158. The lowest BCUT2D eigenvalue weighted by atomic mass is 10.1. The molecule has 0 bridgehead atoms. The van der Waals surface area contributed by atoms with Gasteiger partial charge in [-0.25, -0.2) is 0 Å². The van der Waals surface area contributed by atoms with Crippen molar-refractivity contribution in [3.05, 3.63) is 75.9 Å². The molecular formula is C19H19BrN2O3. The number of amides is 2. The highest BCUT2D eigenvalue weighted by molar-refractivity contribution is 9.10. The molecule has 0 saturated heterocycles. The van der Waals surface area contributed by atoms with E-state index in [1.807, 2.05) is 36.4 Å². The molecule has 0 fully saturated rings. The lowest BCUT2D eigenvalue weighted by Crippen LogP contribution is -2.35. The van der Waals surface area contributed by atoms with E-state index in [0.717, 1.165) is 10.0 Å². The molecule has 0 aliphatic heterocycles. The fourth-order valence-corrected chi connectivity index (χ4v) is 2.47. The van der Waals surface area contributed by atoms with Gasteiger partial charge in [0.1, 0.15) is 5.70 Å². The lowest BCUT2D eigenvalue weighted by Gasteiger charge is -2.11. The molecule has 2 aromatic carbocycles. The van der Waals surface area contributed by atoms with Gasteiger partial charge in [0.05, 0.1) is 0 Å². The van der Waals surface area contributed by atoms with Gasteiger partial charge >= 0.3 is 0 Å². The smallest absolute Gasteiger partial charge is 0.267 e. The number of nitrogens with one attached hydrogen (secondary N) is 2. The van der Waals surface area contributed by atoms with E-state index in [9.17, 15) is 9.59 Å². The summed E-state index contributed by atoms with van der Waals surface area (Å²) in [5.74, 6) is -0.776. The Kier molecular flexibility index (Phi) is 7.37. The monoisotopic (exact) mass is 402 g/mol. The maximum atomic E-state index is 12.4. The third kappa shape index (κ3) is 6.17. The Labute approximate surface area is 154 Å². The first-order valence-electron chi connectivity index (χ1n) is 7.83. The van der Waals surface area contributed by atoms with Gasteiger partial charge in [0.25, 0.3) is 11.8 Å². The number of carbonyl (C=O) groups is 2. The number of benzene rings is 2. The van der Waals surface area contributed by atoms with Crippen LogP contribution in [0.5, 0.6) is 0 Å². The summed E-state index contributed by atoms with van der Waals surface area (Å²) in [5.41, 5.74) is 1.38. The molecule has 0 spiro atoms. The Morgan fingerprint density at radius 3 is 2.52 bits per heavy atom. The summed E-state index contributed by atoms with van der Waals surface area (Å²) in [6, 6.07) is 16.2. The summed E-state index contributed by atoms with van der Waals surface area (Å²) in [7, 11) is 0. The lowest BCUT2D eigenvalue weighted by molar-refractivity contribution is -0.117. The molecule has 0 aliphatic carbocycles. The third-order valence-electron chi connectivity index (χ3n) is 3.31. The van der Waals surface area contributed by atoms with Crippen molar-refractivity contribution in [2.45, 2.75) is 6.42 Å². The highest BCUT2D eigenvalue weighted by Gasteiger charge is 2.14. The van der Waals surface area contributed by atoms with Crippen LogP contribution in [-0.2, 0) is 4.79 Å². The zero-order valence-electron chi connectivity index (χ0n) is 13.5. The van der Waals surface area contributed by atoms with Gasteiger partial charge in [0.15, 0.2) is 0 Å². The Bertz CT molecular complexity index is 760. The van der Waals surface area contributed by atoms with Crippen LogP contribution in [-0.4, -0.2) is 30.1 Å². The Hall–Kier alpha value is -2.44. The van der Waals surface area contributed by atoms with Crippen molar-refractivity contribution in [3.8, 4) is 0 Å². The van der Waals surface area contributed by atoms with Crippen LogP contribution in [0.3, 0.4) is 0 Å². The molecule has 25 heavy (non-hydrogen) atoms. The van der Waals surface area contributed by atoms with Crippen LogP contribution < -0.4 is 10.6 Å². The number of aliphatic hydroxyl groups is 1. The number of rotatable bonds is 7. The van der Waals surface area contributed by atoms with E-state index in [1.54, 1.807) is 24.3 Å². The Morgan fingerprint density at radius 2 is 1.84 bits per heavy atom. The molecule has 0 aromatic heterocycles. The minimum absolute atomic E-state index is 0.0115. The summed E-state index contributed by atoms with van der Waals surface area (Å²) in [6.45, 7) is 0.316. The van der Waals surface area contributed by atoms with E-state index in [1.165, 1.54) is 0 Å². The normalized spacial score (nSPS) is 11.0. The number of hydrogen-bond donors (Lipinski definition) is 3. The number of aliphatic hydroxyl groups excluding tert-OH is 1. The second-order valence-electron chi connectivity index (χ2n) is 5.27. The zero-order valence-corrected chi connectivity index (χ0v) is 15.1. The highest BCUT2D eigenvalue weighted by atomic mass is 79.9. The first kappa shape index (κ1) is 18.9. The molecule has 0 atom stereocenters. The van der Waals surface area contributed by atoms with E-state index in [4.69, 9.17) is 5.11 Å². The Balaban J connectivity index is 2.20. The Morgan fingerprint density at radius 1 is 1.08 bits per heavy atom. The van der Waals surface area contributed by atoms with E-state index >= 15 is 0 Å². The number of carbonyl (C=O) groups excluding carboxylic acids is 2. The predicted molar refractivity (Wildman–Crippen MR) is 101 cm³/mol. The van der Waals surface area contributed by atoms with Crippen LogP contribution >= 0.6 is 15.9 Å². The molecule has 2 aromatic rings. The van der Waals surface area contributed by atoms with Crippen molar-refractivity contribution in [2.24, 2.45) is 0 Å². The van der Waals surface area contributed by atoms with Gasteiger partial charge in [-0.1, -0.05) is 52.3 Å². The average molecular weight is 403 g/mol. The van der Waals surface area contributed by atoms with Gasteiger partial charge in [-0.15, -0.1) is 0 Å². The van der Waals surface area contributed by atoms with Crippen molar-refractivity contribution >= 4 is 33.8 Å². The van der Waals surface area contributed by atoms with Crippen molar-refractivity contribution in [1.29, 1.82) is 0 Å². The third-order valence-corrected chi connectivity index (χ3v) is 3.80. The van der Waals surface area contributed by atoms with Gasteiger partial charge in [-0.05, 0) is 36.3 Å². The molecule has 3 N–H and O–H groups in total. The van der Waals surface area contributed by atoms with Gasteiger partial charge in [0.2, 0.25) is 0 Å². The molecule has 0 unspecified atom stereocenters. The molecule has 0 heterocycles. The molecule has 0 radical (unpaired) electrons. The highest BCUT2D eigenvalue weighted by Crippen LogP contribution is 2.12. The van der Waals surface area contributed by atoms with Crippen LogP contribution in [0, 0.1) is 0 Å². The predicted octanol–water partition coefficient (Wildman–Crippen LogP) is 2.72. The van der Waals surface area contributed by atoms with Crippen LogP contribution in [0.2, 0.25) is 0 Å². The molecule has 0 aliphatic rings. The minimum Gasteiger partial charge on any atom is -0.396 e. The second-order valence-corrected chi connectivity index (χ2v) is 6.18. The van der Waals surface area contributed by atoms with Gasteiger partial charge < -0.3 is 15.7 Å². The maximum Gasteiger partial charge on any atom is 0.267 e. The number of hydrogen-bond acceptors (Lipinski definition) is 3. The molecule has 2 amide bonds. The molecule has 6 heteroatoms. The average Bonchev–Trinajstić information content (AvgIpc) is 2.62. The van der Waals surface area contributed by atoms with Gasteiger partial charge in [-0.3, -0.25) is 9.59 Å².